The van der Waals surface area contributed by atoms with Crippen LogP contribution in [-0.4, -0.2) is 31.7 Å². The minimum Gasteiger partial charge on any atom is -0.333 e. The van der Waals surface area contributed by atoms with Crippen LogP contribution in [0.15, 0.2) is 35.3 Å². The number of imidazole rings is 1. The molecule has 3 aromatic rings. The Morgan fingerprint density at radius 3 is 3.04 bits per heavy atom. The number of unbranched alkanes of at least 4 members (excludes halogenated alkanes) is 1. The number of thiophene rings is 1. The molecule has 120 valence electrons. The number of hydrogen-bond donors (Lipinski definition) is 0. The van der Waals surface area contributed by atoms with Crippen molar-refractivity contribution in [1.29, 1.82) is 0 Å². The van der Waals surface area contributed by atoms with Gasteiger partial charge >= 0.3 is 0 Å². The van der Waals surface area contributed by atoms with Crippen LogP contribution in [0.4, 0.5) is 0 Å². The third kappa shape index (κ3) is 3.27. The van der Waals surface area contributed by atoms with Crippen molar-refractivity contribution in [3.63, 3.8) is 0 Å². The van der Waals surface area contributed by atoms with Gasteiger partial charge in [0.2, 0.25) is 5.78 Å². The molecular weight excluding hydrogens is 308 g/mol. The second kappa shape index (κ2) is 6.91. The summed E-state index contributed by atoms with van der Waals surface area (Å²) in [6, 6.07) is 3.89. The molecule has 0 saturated heterocycles. The predicted octanol–water partition coefficient (Wildman–Crippen LogP) is 3.54. The molecule has 0 bridgehead atoms. The first-order chi connectivity index (χ1) is 11.2. The predicted molar refractivity (Wildman–Crippen MR) is 91.7 cm³/mol. The highest BCUT2D eigenvalue weighted by atomic mass is 32.1. The van der Waals surface area contributed by atoms with Gasteiger partial charge < -0.3 is 4.90 Å². The molecule has 0 fully saturated rings. The van der Waals surface area contributed by atoms with Crippen molar-refractivity contribution in [3.8, 4) is 0 Å². The average molecular weight is 328 g/mol. The van der Waals surface area contributed by atoms with E-state index >= 15 is 0 Å². The fraction of sp³-hybridized carbons (Fsp3) is 0.353. The van der Waals surface area contributed by atoms with Gasteiger partial charge in [0.15, 0.2) is 0 Å². The lowest BCUT2D eigenvalue weighted by Gasteiger charge is -2.22. The van der Waals surface area contributed by atoms with Gasteiger partial charge in [-0.2, -0.15) is 11.3 Å². The molecular formula is C17H20N4OS. The topological polar surface area (TPSA) is 50.5 Å². The molecule has 3 heterocycles. The Hall–Kier alpha value is -2.21. The molecule has 5 nitrogen and oxygen atoms in total. The maximum Gasteiger partial charge on any atom is 0.273 e. The van der Waals surface area contributed by atoms with Crippen molar-refractivity contribution < 1.29 is 4.79 Å². The first-order valence-corrected chi connectivity index (χ1v) is 8.75. The molecule has 0 unspecified atom stereocenters. The van der Waals surface area contributed by atoms with Crippen molar-refractivity contribution in [3.05, 3.63) is 52.2 Å². The van der Waals surface area contributed by atoms with E-state index in [-0.39, 0.29) is 5.91 Å². The van der Waals surface area contributed by atoms with Crippen LogP contribution in [0.1, 0.15) is 41.5 Å². The van der Waals surface area contributed by atoms with E-state index in [1.54, 1.807) is 21.9 Å². The SMILES string of the molecule is CCCCN(Cc1ccsc1)C(=O)c1c(C)nc2ncccn12. The second-order valence-corrected chi connectivity index (χ2v) is 6.33. The lowest BCUT2D eigenvalue weighted by Crippen LogP contribution is -2.32. The van der Waals surface area contributed by atoms with Crippen molar-refractivity contribution in [2.24, 2.45) is 0 Å². The summed E-state index contributed by atoms with van der Waals surface area (Å²) in [5.41, 5.74) is 2.50. The Labute approximate surface area is 139 Å². The number of carbonyl (C=O) groups excluding carboxylic acids is 1. The second-order valence-electron chi connectivity index (χ2n) is 5.55. The Kier molecular flexibility index (Phi) is 4.71. The maximum absolute atomic E-state index is 13.1. The molecule has 0 aromatic carbocycles. The van der Waals surface area contributed by atoms with E-state index < -0.39 is 0 Å². The smallest absolute Gasteiger partial charge is 0.273 e. The van der Waals surface area contributed by atoms with E-state index in [0.717, 1.165) is 25.1 Å². The zero-order chi connectivity index (χ0) is 16.2. The standard InChI is InChI=1S/C17H20N4OS/c1-3-4-8-20(11-14-6-10-23-12-14)16(22)15-13(2)19-17-18-7-5-9-21(15)17/h5-7,9-10,12H,3-4,8,11H2,1-2H3. The minimum atomic E-state index is 0.0163. The van der Waals surface area contributed by atoms with Gasteiger partial charge in [0.25, 0.3) is 5.91 Å². The van der Waals surface area contributed by atoms with Gasteiger partial charge in [-0.1, -0.05) is 13.3 Å². The molecule has 6 heteroatoms. The number of nitrogens with zero attached hydrogens (tertiary/aromatic N) is 4. The van der Waals surface area contributed by atoms with Crippen LogP contribution in [0.2, 0.25) is 0 Å². The molecule has 0 aliphatic heterocycles. The first-order valence-electron chi connectivity index (χ1n) is 7.80. The summed E-state index contributed by atoms with van der Waals surface area (Å²) < 4.78 is 1.78. The van der Waals surface area contributed by atoms with Gasteiger partial charge in [-0.15, -0.1) is 0 Å². The first kappa shape index (κ1) is 15.7. The normalized spacial score (nSPS) is 11.0. The van der Waals surface area contributed by atoms with E-state index in [9.17, 15) is 4.79 Å². The lowest BCUT2D eigenvalue weighted by atomic mass is 10.2. The summed E-state index contributed by atoms with van der Waals surface area (Å²) in [5, 5.41) is 4.14. The van der Waals surface area contributed by atoms with Crippen LogP contribution in [0, 0.1) is 6.92 Å². The monoisotopic (exact) mass is 328 g/mol. The van der Waals surface area contributed by atoms with Crippen LogP contribution in [0.3, 0.4) is 0 Å². The third-order valence-corrected chi connectivity index (χ3v) is 4.53. The van der Waals surface area contributed by atoms with E-state index in [1.807, 2.05) is 29.5 Å². The molecule has 0 N–H and O–H groups in total. The summed E-state index contributed by atoms with van der Waals surface area (Å²) in [7, 11) is 0. The molecule has 3 aromatic heterocycles. The number of rotatable bonds is 6. The van der Waals surface area contributed by atoms with Crippen LogP contribution in [0.5, 0.6) is 0 Å². The highest BCUT2D eigenvalue weighted by Crippen LogP contribution is 2.17. The van der Waals surface area contributed by atoms with Gasteiger partial charge in [0.05, 0.1) is 5.69 Å². The molecule has 0 spiro atoms. The third-order valence-electron chi connectivity index (χ3n) is 3.80. The summed E-state index contributed by atoms with van der Waals surface area (Å²) in [6.07, 6.45) is 5.58. The van der Waals surface area contributed by atoms with E-state index in [1.165, 1.54) is 5.56 Å². The molecule has 0 radical (unpaired) electrons. The van der Waals surface area contributed by atoms with E-state index in [0.29, 0.717) is 18.0 Å². The molecule has 0 aliphatic carbocycles. The minimum absolute atomic E-state index is 0.0163. The van der Waals surface area contributed by atoms with Gasteiger partial charge in [-0.3, -0.25) is 9.20 Å². The van der Waals surface area contributed by atoms with Crippen LogP contribution in [0.25, 0.3) is 5.78 Å². The molecule has 23 heavy (non-hydrogen) atoms. The number of amides is 1. The highest BCUT2D eigenvalue weighted by molar-refractivity contribution is 7.07. The fourth-order valence-electron chi connectivity index (χ4n) is 2.61. The number of aryl methyl sites for hydroxylation is 1. The number of carbonyl (C=O) groups is 1. The van der Waals surface area contributed by atoms with Crippen LogP contribution >= 0.6 is 11.3 Å². The van der Waals surface area contributed by atoms with Gasteiger partial charge in [0, 0.05) is 25.5 Å². The molecule has 0 saturated carbocycles. The highest BCUT2D eigenvalue weighted by Gasteiger charge is 2.22. The van der Waals surface area contributed by atoms with Gasteiger partial charge in [0.1, 0.15) is 5.69 Å². The van der Waals surface area contributed by atoms with Crippen molar-refractivity contribution in [1.82, 2.24) is 19.3 Å². The number of fused-ring (bicyclic) bond motifs is 1. The number of aromatic nitrogens is 3. The quantitative estimate of drug-likeness (QED) is 0.695. The van der Waals surface area contributed by atoms with Gasteiger partial charge in [-0.25, -0.2) is 9.97 Å². The molecule has 3 rings (SSSR count). The molecule has 1 amide bonds. The summed E-state index contributed by atoms with van der Waals surface area (Å²) in [4.78, 5) is 23.7. The molecule has 0 aliphatic rings. The van der Waals surface area contributed by atoms with E-state index in [2.05, 4.69) is 28.3 Å². The van der Waals surface area contributed by atoms with Crippen molar-refractivity contribution >= 4 is 23.0 Å². The number of hydrogen-bond acceptors (Lipinski definition) is 4. The summed E-state index contributed by atoms with van der Waals surface area (Å²) in [6.45, 7) is 5.38. The maximum atomic E-state index is 13.1. The lowest BCUT2D eigenvalue weighted by molar-refractivity contribution is 0.0733. The van der Waals surface area contributed by atoms with Crippen LogP contribution in [-0.2, 0) is 6.54 Å². The van der Waals surface area contributed by atoms with Crippen molar-refractivity contribution in [2.45, 2.75) is 33.2 Å². The van der Waals surface area contributed by atoms with Gasteiger partial charge in [-0.05, 0) is 41.8 Å². The van der Waals surface area contributed by atoms with Crippen LogP contribution < -0.4 is 0 Å². The molecule has 0 atom stereocenters. The Morgan fingerprint density at radius 2 is 2.30 bits per heavy atom. The Balaban J connectivity index is 1.94. The fourth-order valence-corrected chi connectivity index (χ4v) is 3.27. The average Bonchev–Trinajstić information content (AvgIpc) is 3.17. The van der Waals surface area contributed by atoms with E-state index in [4.69, 9.17) is 0 Å². The Bertz CT molecular complexity index is 794. The van der Waals surface area contributed by atoms with Crippen molar-refractivity contribution in [2.75, 3.05) is 6.54 Å². The summed E-state index contributed by atoms with van der Waals surface area (Å²) >= 11 is 1.65. The largest absolute Gasteiger partial charge is 0.333 e. The zero-order valence-electron chi connectivity index (χ0n) is 13.4. The Morgan fingerprint density at radius 1 is 1.43 bits per heavy atom. The zero-order valence-corrected chi connectivity index (χ0v) is 14.2. The summed E-state index contributed by atoms with van der Waals surface area (Å²) in [5.74, 6) is 0.585.